The van der Waals surface area contributed by atoms with E-state index in [1.54, 1.807) is 4.68 Å². The van der Waals surface area contributed by atoms with Crippen LogP contribution in [0.5, 0.6) is 0 Å². The highest BCUT2D eigenvalue weighted by molar-refractivity contribution is 5.98. The van der Waals surface area contributed by atoms with Crippen molar-refractivity contribution in [3.8, 4) is 6.07 Å². The minimum atomic E-state index is -4.77. The fraction of sp³-hybridized carbons (Fsp3) is 0.542. The largest absolute Gasteiger partial charge is 0.418 e. The van der Waals surface area contributed by atoms with Crippen molar-refractivity contribution in [2.45, 2.75) is 62.9 Å². The van der Waals surface area contributed by atoms with Crippen molar-refractivity contribution in [3.05, 3.63) is 41.6 Å². The van der Waals surface area contributed by atoms with E-state index in [0.29, 0.717) is 11.7 Å². The monoisotopic (exact) mass is 490 g/mol. The van der Waals surface area contributed by atoms with E-state index in [1.807, 2.05) is 0 Å². The molecule has 0 spiro atoms. The molecule has 0 radical (unpaired) electrons. The second kappa shape index (κ2) is 10.3. The Morgan fingerprint density at radius 1 is 1.20 bits per heavy atom. The Hall–Kier alpha value is -3.10. The second-order valence-electron chi connectivity index (χ2n) is 9.29. The maximum Gasteiger partial charge on any atom is 0.418 e. The number of nitrogens with one attached hydrogen (secondary N) is 1. The normalized spacial score (nSPS) is 24.5. The predicted octanol–water partition coefficient (Wildman–Crippen LogP) is 4.04. The highest BCUT2D eigenvalue weighted by Crippen LogP contribution is 2.38. The Morgan fingerprint density at radius 2 is 1.89 bits per heavy atom. The van der Waals surface area contributed by atoms with E-state index in [0.717, 1.165) is 44.5 Å². The average molecular weight is 491 g/mol. The van der Waals surface area contributed by atoms with E-state index < -0.39 is 18.2 Å². The molecule has 1 aromatic heterocycles. The zero-order valence-corrected chi connectivity index (χ0v) is 19.2. The number of alkyl halides is 3. The molecule has 4 N–H and O–H groups in total. The van der Waals surface area contributed by atoms with Crippen molar-refractivity contribution < 1.29 is 23.1 Å². The Labute approximate surface area is 201 Å². The topological polar surface area (TPSA) is 120 Å². The Bertz CT molecular complexity index is 1070. The summed E-state index contributed by atoms with van der Waals surface area (Å²) in [7, 11) is 0. The first-order valence-electron chi connectivity index (χ1n) is 11.8. The number of benzene rings is 1. The van der Waals surface area contributed by atoms with Crippen molar-refractivity contribution in [2.24, 2.45) is 11.7 Å². The van der Waals surface area contributed by atoms with Crippen LogP contribution in [0.25, 0.3) is 0 Å². The lowest BCUT2D eigenvalue weighted by molar-refractivity contribution is -0.206. The van der Waals surface area contributed by atoms with Gasteiger partial charge in [0, 0.05) is 17.9 Å². The molecule has 1 saturated heterocycles. The molecule has 1 aromatic carbocycles. The van der Waals surface area contributed by atoms with Crippen LogP contribution in [-0.2, 0) is 0 Å². The summed E-state index contributed by atoms with van der Waals surface area (Å²) < 4.78 is 39.8. The van der Waals surface area contributed by atoms with Crippen LogP contribution in [0.3, 0.4) is 0 Å². The molecule has 35 heavy (non-hydrogen) atoms. The number of rotatable bonds is 6. The standard InChI is InChI=1S/C24H29F3N6O2/c25-24(26,27)21(34)15-4-6-17(7-5-15)30-23-19(22(29)35)14-33(31-23)20-9-8-18(12-16(20)13-28)32-10-2-1-3-11-32/h4-7,14,16,18,20-21,34H,1-3,8-12H2,(H2,29,35)(H,30,31)/t16-,18+,20+,21+/m1/s1. The zero-order valence-electron chi connectivity index (χ0n) is 19.2. The number of halogens is 3. The van der Waals surface area contributed by atoms with E-state index in [-0.39, 0.29) is 28.9 Å². The van der Waals surface area contributed by atoms with Crippen molar-refractivity contribution in [2.75, 3.05) is 18.4 Å². The molecule has 0 bridgehead atoms. The lowest BCUT2D eigenvalue weighted by Crippen LogP contribution is -2.44. The summed E-state index contributed by atoms with van der Waals surface area (Å²) in [6.07, 6.45) is 0.201. The molecule has 4 atom stereocenters. The van der Waals surface area contributed by atoms with Gasteiger partial charge in [-0.1, -0.05) is 18.6 Å². The number of aromatic nitrogens is 2. The van der Waals surface area contributed by atoms with Crippen LogP contribution in [0.1, 0.15) is 66.6 Å². The van der Waals surface area contributed by atoms with Gasteiger partial charge in [-0.3, -0.25) is 9.48 Å². The molecule has 1 aliphatic heterocycles. The minimum Gasteiger partial charge on any atom is -0.379 e. The summed E-state index contributed by atoms with van der Waals surface area (Å²) >= 11 is 0. The third-order valence-electron chi connectivity index (χ3n) is 7.00. The molecule has 2 aliphatic rings. The lowest BCUT2D eigenvalue weighted by atomic mass is 9.81. The summed E-state index contributed by atoms with van der Waals surface area (Å²) in [4.78, 5) is 14.6. The lowest BCUT2D eigenvalue weighted by Gasteiger charge is -2.40. The number of likely N-dealkylation sites (tertiary alicyclic amines) is 1. The third kappa shape index (κ3) is 5.60. The van der Waals surface area contributed by atoms with Gasteiger partial charge < -0.3 is 21.1 Å². The highest BCUT2D eigenvalue weighted by Gasteiger charge is 2.39. The molecule has 2 aromatic rings. The number of anilines is 2. The number of amides is 1. The van der Waals surface area contributed by atoms with Gasteiger partial charge in [0.1, 0.15) is 5.56 Å². The summed E-state index contributed by atoms with van der Waals surface area (Å²) in [5.74, 6) is -0.817. The molecule has 4 rings (SSSR count). The van der Waals surface area contributed by atoms with E-state index in [2.05, 4.69) is 21.4 Å². The van der Waals surface area contributed by atoms with E-state index in [4.69, 9.17) is 5.73 Å². The first-order valence-corrected chi connectivity index (χ1v) is 11.8. The first kappa shape index (κ1) is 25.0. The molecule has 1 aliphatic carbocycles. The maximum atomic E-state index is 12.7. The Morgan fingerprint density at radius 3 is 2.49 bits per heavy atom. The van der Waals surface area contributed by atoms with Gasteiger partial charge in [-0.15, -0.1) is 0 Å². The van der Waals surface area contributed by atoms with E-state index >= 15 is 0 Å². The van der Waals surface area contributed by atoms with Crippen LogP contribution in [-0.4, -0.2) is 51.0 Å². The second-order valence-corrected chi connectivity index (χ2v) is 9.29. The molecular weight excluding hydrogens is 461 g/mol. The van der Waals surface area contributed by atoms with Gasteiger partial charge in [-0.25, -0.2) is 0 Å². The smallest absolute Gasteiger partial charge is 0.379 e. The van der Waals surface area contributed by atoms with Gasteiger partial charge in [0.15, 0.2) is 11.9 Å². The van der Waals surface area contributed by atoms with Crippen LogP contribution >= 0.6 is 0 Å². The van der Waals surface area contributed by atoms with Gasteiger partial charge in [0.05, 0.1) is 18.0 Å². The number of piperidine rings is 1. The summed E-state index contributed by atoms with van der Waals surface area (Å²) in [6, 6.07) is 7.59. The molecular formula is C24H29F3N6O2. The van der Waals surface area contributed by atoms with Gasteiger partial charge in [0.2, 0.25) is 0 Å². The molecule has 1 saturated carbocycles. The number of primary amides is 1. The Balaban J connectivity index is 1.51. The quantitative estimate of drug-likeness (QED) is 0.562. The van der Waals surface area contributed by atoms with Crippen LogP contribution in [0.4, 0.5) is 24.7 Å². The van der Waals surface area contributed by atoms with Crippen LogP contribution in [0, 0.1) is 17.2 Å². The minimum absolute atomic E-state index is 0.124. The molecule has 11 heteroatoms. The number of aliphatic hydroxyl groups excluding tert-OH is 1. The van der Waals surface area contributed by atoms with Gasteiger partial charge in [-0.2, -0.15) is 23.5 Å². The molecule has 2 fully saturated rings. The van der Waals surface area contributed by atoms with Gasteiger partial charge >= 0.3 is 6.18 Å². The summed E-state index contributed by atoms with van der Waals surface area (Å²) in [6.45, 7) is 2.13. The summed E-state index contributed by atoms with van der Waals surface area (Å²) in [5, 5.41) is 26.7. The van der Waals surface area contributed by atoms with Crippen molar-refractivity contribution >= 4 is 17.4 Å². The number of carbonyl (C=O) groups is 1. The van der Waals surface area contributed by atoms with Crippen LogP contribution < -0.4 is 11.1 Å². The molecule has 2 heterocycles. The van der Waals surface area contributed by atoms with Crippen molar-refractivity contribution in [1.82, 2.24) is 14.7 Å². The Kier molecular flexibility index (Phi) is 7.33. The van der Waals surface area contributed by atoms with E-state index in [9.17, 15) is 28.3 Å². The van der Waals surface area contributed by atoms with Crippen LogP contribution in [0.2, 0.25) is 0 Å². The maximum absolute atomic E-state index is 12.7. The number of nitrogens with two attached hydrogens (primary N) is 1. The number of hydrogen-bond acceptors (Lipinski definition) is 6. The zero-order chi connectivity index (χ0) is 25.2. The predicted molar refractivity (Wildman–Crippen MR) is 123 cm³/mol. The number of carbonyl (C=O) groups excluding carboxylic acids is 1. The first-order chi connectivity index (χ1) is 16.7. The number of aliphatic hydroxyl groups is 1. The number of nitriles is 1. The summed E-state index contributed by atoms with van der Waals surface area (Å²) in [5.41, 5.74) is 5.75. The van der Waals surface area contributed by atoms with Gasteiger partial charge in [0.25, 0.3) is 5.91 Å². The fourth-order valence-electron chi connectivity index (χ4n) is 5.11. The highest BCUT2D eigenvalue weighted by atomic mass is 19.4. The number of hydrogen-bond donors (Lipinski definition) is 3. The van der Waals surface area contributed by atoms with Crippen molar-refractivity contribution in [3.63, 3.8) is 0 Å². The third-order valence-corrected chi connectivity index (χ3v) is 7.00. The average Bonchev–Trinajstić information content (AvgIpc) is 3.27. The molecule has 0 unspecified atom stereocenters. The van der Waals surface area contributed by atoms with E-state index in [1.165, 1.54) is 37.6 Å². The van der Waals surface area contributed by atoms with Gasteiger partial charge in [-0.05, 0) is 62.9 Å². The number of nitrogens with zero attached hydrogens (tertiary/aromatic N) is 4. The molecule has 1 amide bonds. The molecule has 188 valence electrons. The SMILES string of the molecule is N#C[C@H]1C[C@@H](N2CCCCC2)CC[C@@H]1n1cc(C(N)=O)c(Nc2ccc([C@H](O)C(F)(F)F)cc2)n1. The van der Waals surface area contributed by atoms with Crippen LogP contribution in [0.15, 0.2) is 30.5 Å². The van der Waals surface area contributed by atoms with Crippen molar-refractivity contribution in [1.29, 1.82) is 5.26 Å². The molecule has 8 nitrogen and oxygen atoms in total. The fourth-order valence-corrected chi connectivity index (χ4v) is 5.11.